The second-order valence-electron chi connectivity index (χ2n) is 5.47. The number of hydrogen-bond donors (Lipinski definition) is 1. The van der Waals surface area contributed by atoms with Crippen molar-refractivity contribution >= 4 is 45.0 Å². The Labute approximate surface area is 166 Å². The molecular formula is C19H20BrClN2O3. The van der Waals surface area contributed by atoms with Crippen molar-refractivity contribution in [2.75, 3.05) is 25.5 Å². The summed E-state index contributed by atoms with van der Waals surface area (Å²) < 4.78 is 5.80. The SMILES string of the molecule is CCN(CC)C(=O)c1ccc(NC(=O)c2cc(OC)ccc2Br)cc1Cl. The molecule has 0 aromatic heterocycles. The van der Waals surface area contributed by atoms with Gasteiger partial charge in [-0.1, -0.05) is 11.6 Å². The van der Waals surface area contributed by atoms with Crippen molar-refractivity contribution in [3.8, 4) is 5.75 Å². The van der Waals surface area contributed by atoms with Crippen LogP contribution in [-0.4, -0.2) is 36.9 Å². The van der Waals surface area contributed by atoms with Crippen LogP contribution in [0.3, 0.4) is 0 Å². The molecule has 2 rings (SSSR count). The number of carbonyl (C=O) groups is 2. The fourth-order valence-electron chi connectivity index (χ4n) is 2.45. The Bertz CT molecular complexity index is 822. The number of anilines is 1. The van der Waals surface area contributed by atoms with Crippen LogP contribution >= 0.6 is 27.5 Å². The maximum absolute atomic E-state index is 12.5. The van der Waals surface area contributed by atoms with E-state index in [1.54, 1.807) is 41.3 Å². The van der Waals surface area contributed by atoms with E-state index in [-0.39, 0.29) is 11.8 Å². The summed E-state index contributed by atoms with van der Waals surface area (Å²) in [4.78, 5) is 26.6. The third-order valence-electron chi connectivity index (χ3n) is 3.93. The van der Waals surface area contributed by atoms with Crippen LogP contribution in [0.1, 0.15) is 34.6 Å². The number of hydrogen-bond acceptors (Lipinski definition) is 3. The molecule has 0 aliphatic heterocycles. The second-order valence-corrected chi connectivity index (χ2v) is 6.73. The van der Waals surface area contributed by atoms with E-state index < -0.39 is 0 Å². The van der Waals surface area contributed by atoms with Gasteiger partial charge in [0.15, 0.2) is 0 Å². The van der Waals surface area contributed by atoms with Crippen LogP contribution in [0, 0.1) is 0 Å². The highest BCUT2D eigenvalue weighted by molar-refractivity contribution is 9.10. The molecule has 0 aliphatic carbocycles. The Morgan fingerprint density at radius 3 is 2.38 bits per heavy atom. The maximum Gasteiger partial charge on any atom is 0.256 e. The Hall–Kier alpha value is -2.05. The number of amides is 2. The Balaban J connectivity index is 2.22. The van der Waals surface area contributed by atoms with E-state index in [1.165, 1.54) is 7.11 Å². The summed E-state index contributed by atoms with van der Waals surface area (Å²) in [5.41, 5.74) is 1.35. The monoisotopic (exact) mass is 438 g/mol. The molecule has 0 saturated heterocycles. The van der Waals surface area contributed by atoms with Gasteiger partial charge in [-0.3, -0.25) is 9.59 Å². The number of benzene rings is 2. The van der Waals surface area contributed by atoms with Crippen molar-refractivity contribution in [2.24, 2.45) is 0 Å². The molecule has 2 aromatic carbocycles. The van der Waals surface area contributed by atoms with Crippen LogP contribution in [0.5, 0.6) is 5.75 Å². The van der Waals surface area contributed by atoms with Gasteiger partial charge in [-0.15, -0.1) is 0 Å². The molecule has 2 aromatic rings. The number of methoxy groups -OCH3 is 1. The fraction of sp³-hybridized carbons (Fsp3) is 0.263. The zero-order valence-electron chi connectivity index (χ0n) is 14.8. The maximum atomic E-state index is 12.5. The van der Waals surface area contributed by atoms with Gasteiger partial charge in [-0.2, -0.15) is 0 Å². The van der Waals surface area contributed by atoms with Crippen molar-refractivity contribution in [1.29, 1.82) is 0 Å². The molecule has 0 bridgehead atoms. The lowest BCUT2D eigenvalue weighted by atomic mass is 10.1. The van der Waals surface area contributed by atoms with E-state index in [2.05, 4.69) is 21.2 Å². The number of carbonyl (C=O) groups excluding carboxylic acids is 2. The minimum Gasteiger partial charge on any atom is -0.497 e. The van der Waals surface area contributed by atoms with Gasteiger partial charge in [0.25, 0.3) is 11.8 Å². The summed E-state index contributed by atoms with van der Waals surface area (Å²) in [6, 6.07) is 10.00. The van der Waals surface area contributed by atoms with Gasteiger partial charge in [0.1, 0.15) is 5.75 Å². The fourth-order valence-corrected chi connectivity index (χ4v) is 3.14. The molecule has 26 heavy (non-hydrogen) atoms. The first kappa shape index (κ1) is 20.3. The van der Waals surface area contributed by atoms with Crippen LogP contribution in [0.4, 0.5) is 5.69 Å². The predicted octanol–water partition coefficient (Wildman–Crippen LogP) is 4.85. The number of rotatable bonds is 6. The van der Waals surface area contributed by atoms with E-state index in [0.717, 1.165) is 0 Å². The average Bonchev–Trinajstić information content (AvgIpc) is 2.63. The molecule has 2 amide bonds. The smallest absolute Gasteiger partial charge is 0.256 e. The number of nitrogens with one attached hydrogen (secondary N) is 1. The van der Waals surface area contributed by atoms with Gasteiger partial charge in [0.2, 0.25) is 0 Å². The number of nitrogens with zero attached hydrogens (tertiary/aromatic N) is 1. The van der Waals surface area contributed by atoms with Crippen LogP contribution in [-0.2, 0) is 0 Å². The molecule has 7 heteroatoms. The molecule has 0 unspecified atom stereocenters. The largest absolute Gasteiger partial charge is 0.497 e. The zero-order valence-corrected chi connectivity index (χ0v) is 17.1. The van der Waals surface area contributed by atoms with Crippen LogP contribution in [0.15, 0.2) is 40.9 Å². The molecule has 5 nitrogen and oxygen atoms in total. The van der Waals surface area contributed by atoms with E-state index in [9.17, 15) is 9.59 Å². The molecule has 0 heterocycles. The van der Waals surface area contributed by atoms with E-state index in [1.807, 2.05) is 13.8 Å². The summed E-state index contributed by atoms with van der Waals surface area (Å²) >= 11 is 9.62. The third-order valence-corrected chi connectivity index (χ3v) is 4.93. The number of halogens is 2. The first-order valence-corrected chi connectivity index (χ1v) is 9.32. The van der Waals surface area contributed by atoms with Crippen molar-refractivity contribution in [3.05, 3.63) is 57.0 Å². The Kier molecular flexibility index (Phi) is 7.06. The highest BCUT2D eigenvalue weighted by Gasteiger charge is 2.17. The first-order chi connectivity index (χ1) is 12.4. The number of ether oxygens (including phenoxy) is 1. The lowest BCUT2D eigenvalue weighted by Crippen LogP contribution is -2.30. The lowest BCUT2D eigenvalue weighted by Gasteiger charge is -2.19. The standard InChI is InChI=1S/C19H20BrClN2O3/c1-4-23(5-2)19(25)14-8-6-12(10-17(14)21)22-18(24)15-11-13(26-3)7-9-16(15)20/h6-11H,4-5H2,1-3H3,(H,22,24). The molecule has 0 aliphatic rings. The summed E-state index contributed by atoms with van der Waals surface area (Å²) in [5, 5.41) is 3.08. The quantitative estimate of drug-likeness (QED) is 0.700. The lowest BCUT2D eigenvalue weighted by molar-refractivity contribution is 0.0773. The van der Waals surface area contributed by atoms with Gasteiger partial charge in [0.05, 0.1) is 23.3 Å². The third kappa shape index (κ3) is 4.56. The summed E-state index contributed by atoms with van der Waals surface area (Å²) in [7, 11) is 1.54. The van der Waals surface area contributed by atoms with Crippen molar-refractivity contribution < 1.29 is 14.3 Å². The highest BCUT2D eigenvalue weighted by Crippen LogP contribution is 2.26. The van der Waals surface area contributed by atoms with Gasteiger partial charge >= 0.3 is 0 Å². The van der Waals surface area contributed by atoms with Gasteiger partial charge in [-0.05, 0) is 66.2 Å². The molecule has 0 fully saturated rings. The molecule has 0 spiro atoms. The van der Waals surface area contributed by atoms with E-state index >= 15 is 0 Å². The Morgan fingerprint density at radius 2 is 1.81 bits per heavy atom. The van der Waals surface area contributed by atoms with E-state index in [0.29, 0.717) is 45.1 Å². The van der Waals surface area contributed by atoms with Gasteiger partial charge in [-0.25, -0.2) is 0 Å². The van der Waals surface area contributed by atoms with Crippen molar-refractivity contribution in [1.82, 2.24) is 4.90 Å². The molecule has 138 valence electrons. The molecule has 0 radical (unpaired) electrons. The molecule has 1 N–H and O–H groups in total. The first-order valence-electron chi connectivity index (χ1n) is 8.14. The van der Waals surface area contributed by atoms with Crippen LogP contribution in [0.25, 0.3) is 0 Å². The summed E-state index contributed by atoms with van der Waals surface area (Å²) in [5.74, 6) is 0.139. The zero-order chi connectivity index (χ0) is 19.3. The van der Waals surface area contributed by atoms with Crippen LogP contribution in [0.2, 0.25) is 5.02 Å². The molecular weight excluding hydrogens is 420 g/mol. The Morgan fingerprint density at radius 1 is 1.12 bits per heavy atom. The van der Waals surface area contributed by atoms with Gasteiger partial charge in [0, 0.05) is 23.2 Å². The van der Waals surface area contributed by atoms with E-state index in [4.69, 9.17) is 16.3 Å². The molecule has 0 atom stereocenters. The van der Waals surface area contributed by atoms with Crippen molar-refractivity contribution in [3.63, 3.8) is 0 Å². The second kappa shape index (κ2) is 9.05. The minimum absolute atomic E-state index is 0.131. The summed E-state index contributed by atoms with van der Waals surface area (Å²) in [6.45, 7) is 5.04. The topological polar surface area (TPSA) is 58.6 Å². The van der Waals surface area contributed by atoms with Gasteiger partial charge < -0.3 is 15.0 Å². The predicted molar refractivity (Wildman–Crippen MR) is 107 cm³/mol. The minimum atomic E-state index is -0.310. The van der Waals surface area contributed by atoms with Crippen molar-refractivity contribution in [2.45, 2.75) is 13.8 Å². The summed E-state index contributed by atoms with van der Waals surface area (Å²) in [6.07, 6.45) is 0. The molecule has 0 saturated carbocycles. The average molecular weight is 440 g/mol. The highest BCUT2D eigenvalue weighted by atomic mass is 79.9. The van der Waals surface area contributed by atoms with Crippen LogP contribution < -0.4 is 10.1 Å². The normalized spacial score (nSPS) is 10.3.